The Morgan fingerprint density at radius 2 is 2.11 bits per heavy atom. The highest BCUT2D eigenvalue weighted by atomic mass is 32.1. The fraction of sp³-hybridized carbons (Fsp3) is 0. The molecule has 2 aromatic rings. The molecule has 0 saturated heterocycles. The summed E-state index contributed by atoms with van der Waals surface area (Å²) in [7, 11) is 0. The van der Waals surface area contributed by atoms with Gasteiger partial charge in [0.25, 0.3) is 11.6 Å². The van der Waals surface area contributed by atoms with Crippen LogP contribution in [-0.2, 0) is 0 Å². The topological polar surface area (TPSA) is 85.1 Å². The van der Waals surface area contributed by atoms with Crippen molar-refractivity contribution in [2.45, 2.75) is 0 Å². The van der Waals surface area contributed by atoms with E-state index in [1.54, 1.807) is 5.38 Å². The smallest absolute Gasteiger partial charge is 0.275 e. The molecule has 0 saturated carbocycles. The van der Waals surface area contributed by atoms with Gasteiger partial charge in [0.15, 0.2) is 5.01 Å². The molecule has 0 spiro atoms. The van der Waals surface area contributed by atoms with E-state index in [1.807, 2.05) is 0 Å². The average molecular weight is 273 g/mol. The molecular formula is C12H7N3O3S. The first kappa shape index (κ1) is 12.7. The summed E-state index contributed by atoms with van der Waals surface area (Å²) in [4.78, 5) is 25.7. The van der Waals surface area contributed by atoms with Crippen LogP contribution < -0.4 is 5.32 Å². The highest BCUT2D eigenvalue weighted by Gasteiger charge is 2.11. The quantitative estimate of drug-likeness (QED) is 0.528. The van der Waals surface area contributed by atoms with Crippen LogP contribution in [0.1, 0.15) is 15.5 Å². The third-order valence-corrected chi connectivity index (χ3v) is 2.97. The number of anilines is 1. The molecule has 2 rings (SSSR count). The van der Waals surface area contributed by atoms with E-state index in [-0.39, 0.29) is 11.4 Å². The molecule has 1 aromatic carbocycles. The standard InChI is InChI=1S/C12H7N3O3S/c1-2-11-14-10(7-19-11)12(16)13-8-3-5-9(6-4-8)15(17)18/h1,3-7H,(H,13,16). The lowest BCUT2D eigenvalue weighted by atomic mass is 10.3. The summed E-state index contributed by atoms with van der Waals surface area (Å²) in [6.45, 7) is 0. The molecule has 7 heteroatoms. The number of thiazole rings is 1. The van der Waals surface area contributed by atoms with Gasteiger partial charge in [0.2, 0.25) is 0 Å². The minimum absolute atomic E-state index is 0.0405. The molecule has 0 fully saturated rings. The number of terminal acetylenes is 1. The zero-order valence-electron chi connectivity index (χ0n) is 9.49. The molecule has 1 aromatic heterocycles. The first-order chi connectivity index (χ1) is 9.10. The monoisotopic (exact) mass is 273 g/mol. The number of nitro benzene ring substituents is 1. The predicted molar refractivity (Wildman–Crippen MR) is 71.1 cm³/mol. The number of carbonyl (C=O) groups is 1. The number of nitrogens with zero attached hydrogens (tertiary/aromatic N) is 2. The summed E-state index contributed by atoms with van der Waals surface area (Å²) in [5, 5.41) is 15.0. The molecule has 0 unspecified atom stereocenters. The Morgan fingerprint density at radius 3 is 2.63 bits per heavy atom. The molecule has 1 heterocycles. The summed E-state index contributed by atoms with van der Waals surface area (Å²) in [5.41, 5.74) is 0.628. The molecular weight excluding hydrogens is 266 g/mol. The van der Waals surface area contributed by atoms with Crippen LogP contribution in [0.5, 0.6) is 0 Å². The van der Waals surface area contributed by atoms with Gasteiger partial charge in [0.1, 0.15) is 5.69 Å². The van der Waals surface area contributed by atoms with Gasteiger partial charge < -0.3 is 5.32 Å². The van der Waals surface area contributed by atoms with Crippen molar-refractivity contribution < 1.29 is 9.72 Å². The van der Waals surface area contributed by atoms with Crippen LogP contribution in [0.25, 0.3) is 0 Å². The van der Waals surface area contributed by atoms with E-state index in [9.17, 15) is 14.9 Å². The molecule has 0 aliphatic heterocycles. The van der Waals surface area contributed by atoms with Crippen molar-refractivity contribution in [3.8, 4) is 12.3 Å². The second kappa shape index (κ2) is 5.29. The number of amides is 1. The third kappa shape index (κ3) is 2.94. The zero-order valence-corrected chi connectivity index (χ0v) is 10.3. The number of nitro groups is 1. The van der Waals surface area contributed by atoms with Gasteiger partial charge in [-0.15, -0.1) is 17.8 Å². The Kier molecular flexibility index (Phi) is 3.54. The molecule has 0 aliphatic rings. The molecule has 94 valence electrons. The maximum Gasteiger partial charge on any atom is 0.275 e. The van der Waals surface area contributed by atoms with E-state index >= 15 is 0 Å². The maximum absolute atomic E-state index is 11.8. The van der Waals surface area contributed by atoms with Gasteiger partial charge >= 0.3 is 0 Å². The molecule has 6 nitrogen and oxygen atoms in total. The van der Waals surface area contributed by atoms with E-state index < -0.39 is 10.8 Å². The summed E-state index contributed by atoms with van der Waals surface area (Å²) in [6.07, 6.45) is 5.16. The summed E-state index contributed by atoms with van der Waals surface area (Å²) < 4.78 is 0. The van der Waals surface area contributed by atoms with E-state index in [0.29, 0.717) is 10.7 Å². The second-order valence-electron chi connectivity index (χ2n) is 3.44. The van der Waals surface area contributed by atoms with E-state index in [2.05, 4.69) is 16.2 Å². The lowest BCUT2D eigenvalue weighted by Crippen LogP contribution is -2.12. The summed E-state index contributed by atoms with van der Waals surface area (Å²) in [6, 6.07) is 5.52. The van der Waals surface area contributed by atoms with Gasteiger partial charge in [-0.05, 0) is 18.1 Å². The highest BCUT2D eigenvalue weighted by Crippen LogP contribution is 2.16. The molecule has 1 N–H and O–H groups in total. The van der Waals surface area contributed by atoms with Crippen LogP contribution >= 0.6 is 11.3 Å². The van der Waals surface area contributed by atoms with Crippen molar-refractivity contribution in [1.82, 2.24) is 4.98 Å². The average Bonchev–Trinajstić information content (AvgIpc) is 2.88. The van der Waals surface area contributed by atoms with Gasteiger partial charge in [-0.2, -0.15) is 0 Å². The number of hydrogen-bond donors (Lipinski definition) is 1. The Morgan fingerprint density at radius 1 is 1.42 bits per heavy atom. The lowest BCUT2D eigenvalue weighted by Gasteiger charge is -2.02. The van der Waals surface area contributed by atoms with Gasteiger partial charge in [-0.25, -0.2) is 4.98 Å². The molecule has 0 radical (unpaired) electrons. The number of rotatable bonds is 3. The van der Waals surface area contributed by atoms with Crippen LogP contribution in [0.2, 0.25) is 0 Å². The highest BCUT2D eigenvalue weighted by molar-refractivity contribution is 7.10. The number of non-ortho nitro benzene ring substituents is 1. The van der Waals surface area contributed by atoms with Gasteiger partial charge in [0.05, 0.1) is 4.92 Å². The van der Waals surface area contributed by atoms with E-state index in [1.165, 1.54) is 35.6 Å². The van der Waals surface area contributed by atoms with Crippen LogP contribution in [0.15, 0.2) is 29.6 Å². The van der Waals surface area contributed by atoms with Gasteiger partial charge in [-0.1, -0.05) is 0 Å². The Bertz CT molecular complexity index is 670. The van der Waals surface area contributed by atoms with Crippen molar-refractivity contribution in [3.63, 3.8) is 0 Å². The first-order valence-corrected chi connectivity index (χ1v) is 5.96. The van der Waals surface area contributed by atoms with E-state index in [0.717, 1.165) is 0 Å². The van der Waals surface area contributed by atoms with Crippen molar-refractivity contribution >= 4 is 28.6 Å². The lowest BCUT2D eigenvalue weighted by molar-refractivity contribution is -0.384. The zero-order chi connectivity index (χ0) is 13.8. The normalized spacial score (nSPS) is 9.63. The second-order valence-corrected chi connectivity index (χ2v) is 4.30. The van der Waals surface area contributed by atoms with Crippen molar-refractivity contribution in [2.24, 2.45) is 0 Å². The summed E-state index contributed by atoms with van der Waals surface area (Å²) in [5.74, 6) is 1.93. The van der Waals surface area contributed by atoms with Crippen LogP contribution in [0.4, 0.5) is 11.4 Å². The third-order valence-electron chi connectivity index (χ3n) is 2.20. The Labute approximate surface area is 112 Å². The maximum atomic E-state index is 11.8. The van der Waals surface area contributed by atoms with E-state index in [4.69, 9.17) is 6.42 Å². The predicted octanol–water partition coefficient (Wildman–Crippen LogP) is 2.28. The Balaban J connectivity index is 2.10. The van der Waals surface area contributed by atoms with Gasteiger partial charge in [-0.3, -0.25) is 14.9 Å². The summed E-state index contributed by atoms with van der Waals surface area (Å²) >= 11 is 1.20. The number of hydrogen-bond acceptors (Lipinski definition) is 5. The minimum atomic E-state index is -0.509. The molecule has 1 amide bonds. The molecule has 0 bridgehead atoms. The first-order valence-electron chi connectivity index (χ1n) is 5.08. The molecule has 0 atom stereocenters. The van der Waals surface area contributed by atoms with Crippen LogP contribution in [0, 0.1) is 22.5 Å². The van der Waals surface area contributed by atoms with Crippen molar-refractivity contribution in [1.29, 1.82) is 0 Å². The molecule has 19 heavy (non-hydrogen) atoms. The minimum Gasteiger partial charge on any atom is -0.321 e. The Hall–Kier alpha value is -2.72. The number of carbonyl (C=O) groups excluding carboxylic acids is 1. The van der Waals surface area contributed by atoms with Gasteiger partial charge in [0, 0.05) is 23.2 Å². The molecule has 0 aliphatic carbocycles. The van der Waals surface area contributed by atoms with Crippen LogP contribution in [0.3, 0.4) is 0 Å². The fourth-order valence-corrected chi connectivity index (χ4v) is 1.91. The van der Waals surface area contributed by atoms with Crippen molar-refractivity contribution in [3.05, 3.63) is 50.5 Å². The number of benzene rings is 1. The van der Waals surface area contributed by atoms with Crippen molar-refractivity contribution in [2.75, 3.05) is 5.32 Å². The largest absolute Gasteiger partial charge is 0.321 e. The SMILES string of the molecule is C#Cc1nc(C(=O)Nc2ccc([N+](=O)[O-])cc2)cs1. The number of aromatic nitrogens is 1. The fourth-order valence-electron chi connectivity index (χ4n) is 1.31. The van der Waals surface area contributed by atoms with Crippen LogP contribution in [-0.4, -0.2) is 15.8 Å². The number of nitrogens with one attached hydrogen (secondary N) is 1.